The Balaban J connectivity index is 1.56. The molecule has 0 bridgehead atoms. The summed E-state index contributed by atoms with van der Waals surface area (Å²) < 4.78 is 28.9. The highest BCUT2D eigenvalue weighted by Gasteiger charge is 2.28. The fourth-order valence-electron chi connectivity index (χ4n) is 3.62. The zero-order chi connectivity index (χ0) is 21.8. The van der Waals surface area contributed by atoms with Gasteiger partial charge in [-0.3, -0.25) is 14.8 Å². The van der Waals surface area contributed by atoms with Crippen LogP contribution in [0.25, 0.3) is 0 Å². The number of aromatic nitrogens is 2. The molecule has 1 N–H and O–H groups in total. The van der Waals surface area contributed by atoms with Crippen molar-refractivity contribution >= 4 is 27.1 Å². The van der Waals surface area contributed by atoms with E-state index >= 15 is 0 Å². The highest BCUT2D eigenvalue weighted by atomic mass is 32.2. The Morgan fingerprint density at radius 2 is 1.81 bits per heavy atom. The Morgan fingerprint density at radius 3 is 2.52 bits per heavy atom. The molecule has 4 rings (SSSR count). The number of nitro groups is 1. The van der Waals surface area contributed by atoms with Crippen LogP contribution in [0.15, 0.2) is 65.8 Å². The van der Waals surface area contributed by atoms with E-state index in [0.717, 1.165) is 30.9 Å². The molecule has 0 spiro atoms. The molecule has 1 aliphatic heterocycles. The lowest BCUT2D eigenvalue weighted by Crippen LogP contribution is -2.35. The largest absolute Gasteiger partial charge is 0.347 e. The highest BCUT2D eigenvalue weighted by molar-refractivity contribution is 7.89. The predicted molar refractivity (Wildman–Crippen MR) is 117 cm³/mol. The van der Waals surface area contributed by atoms with Crippen LogP contribution in [0.2, 0.25) is 0 Å². The van der Waals surface area contributed by atoms with Crippen molar-refractivity contribution in [3.8, 4) is 0 Å². The van der Waals surface area contributed by atoms with Gasteiger partial charge in [0.1, 0.15) is 5.69 Å². The van der Waals surface area contributed by atoms with Gasteiger partial charge in [0.25, 0.3) is 5.69 Å². The van der Waals surface area contributed by atoms with Crippen LogP contribution < -0.4 is 5.32 Å². The predicted octanol–water partition coefficient (Wildman–Crippen LogP) is 3.76. The molecule has 3 aromatic rings. The summed E-state index contributed by atoms with van der Waals surface area (Å²) in [4.78, 5) is 11.0. The number of nitrogens with zero attached hydrogens (tertiary/aromatic N) is 4. The standard InChI is InChI=1S/C21H23N5O4S/c27-26(28)21-13-19(31(29,30)25-11-5-2-6-12-25)9-10-20(21)23-18-14-22-24(16-18)15-17-7-3-1-4-8-17/h1,3-4,7-10,13-14,16,23H,2,5-6,11-12,15H2. The topological polar surface area (TPSA) is 110 Å². The molecule has 1 aliphatic rings. The van der Waals surface area contributed by atoms with Crippen molar-refractivity contribution in [2.24, 2.45) is 0 Å². The van der Waals surface area contributed by atoms with Gasteiger partial charge in [0, 0.05) is 25.4 Å². The SMILES string of the molecule is O=[N+]([O-])c1cc(S(=O)(=O)N2CCCCC2)ccc1Nc1cnn(Cc2ccccc2)c1. The Morgan fingerprint density at radius 1 is 1.06 bits per heavy atom. The molecule has 1 saturated heterocycles. The molecule has 0 aliphatic carbocycles. The summed E-state index contributed by atoms with van der Waals surface area (Å²) >= 11 is 0. The molecule has 0 atom stereocenters. The molecule has 9 nitrogen and oxygen atoms in total. The highest BCUT2D eigenvalue weighted by Crippen LogP contribution is 2.32. The van der Waals surface area contributed by atoms with Gasteiger partial charge in [-0.05, 0) is 30.5 Å². The maximum absolute atomic E-state index is 12.9. The Bertz CT molecular complexity index is 1170. The summed E-state index contributed by atoms with van der Waals surface area (Å²) in [7, 11) is -3.75. The number of anilines is 2. The zero-order valence-corrected chi connectivity index (χ0v) is 17.7. The summed E-state index contributed by atoms with van der Waals surface area (Å²) in [6.07, 6.45) is 5.91. The van der Waals surface area contributed by atoms with Gasteiger partial charge in [-0.25, -0.2) is 8.42 Å². The molecule has 2 heterocycles. The summed E-state index contributed by atoms with van der Waals surface area (Å²) in [5.74, 6) is 0. The molecule has 10 heteroatoms. The van der Waals surface area contributed by atoms with Crippen molar-refractivity contribution < 1.29 is 13.3 Å². The smallest absolute Gasteiger partial charge is 0.294 e. The lowest BCUT2D eigenvalue weighted by atomic mass is 10.2. The van der Waals surface area contributed by atoms with Crippen molar-refractivity contribution in [1.82, 2.24) is 14.1 Å². The number of sulfonamides is 1. The second-order valence-electron chi connectivity index (χ2n) is 7.44. The van der Waals surface area contributed by atoms with Gasteiger partial charge in [0.2, 0.25) is 10.0 Å². The van der Waals surface area contributed by atoms with E-state index in [4.69, 9.17) is 0 Å². The number of nitrogens with one attached hydrogen (secondary N) is 1. The molecule has 1 fully saturated rings. The van der Waals surface area contributed by atoms with E-state index < -0.39 is 14.9 Å². The van der Waals surface area contributed by atoms with E-state index in [9.17, 15) is 18.5 Å². The fraction of sp³-hybridized carbons (Fsp3) is 0.286. The molecule has 0 saturated carbocycles. The van der Waals surface area contributed by atoms with E-state index in [1.807, 2.05) is 30.3 Å². The van der Waals surface area contributed by atoms with Crippen molar-refractivity contribution in [3.05, 3.63) is 76.6 Å². The van der Waals surface area contributed by atoms with Gasteiger partial charge in [-0.2, -0.15) is 9.40 Å². The molecule has 0 amide bonds. The number of piperidine rings is 1. The lowest BCUT2D eigenvalue weighted by molar-refractivity contribution is -0.384. The number of hydrogen-bond acceptors (Lipinski definition) is 6. The van der Waals surface area contributed by atoms with Crippen LogP contribution in [0.1, 0.15) is 24.8 Å². The summed E-state index contributed by atoms with van der Waals surface area (Å²) in [5.41, 5.74) is 1.57. The van der Waals surface area contributed by atoms with E-state index in [-0.39, 0.29) is 16.3 Å². The van der Waals surface area contributed by atoms with Crippen LogP contribution >= 0.6 is 0 Å². The Labute approximate surface area is 180 Å². The molecular weight excluding hydrogens is 418 g/mol. The van der Waals surface area contributed by atoms with Gasteiger partial charge in [-0.1, -0.05) is 36.8 Å². The van der Waals surface area contributed by atoms with Gasteiger partial charge in [-0.15, -0.1) is 0 Å². The third-order valence-electron chi connectivity index (χ3n) is 5.22. The first kappa shape index (κ1) is 21.0. The minimum absolute atomic E-state index is 0.0635. The first-order chi connectivity index (χ1) is 14.9. The third-order valence-corrected chi connectivity index (χ3v) is 7.11. The van der Waals surface area contributed by atoms with Gasteiger partial charge in [0.05, 0.1) is 28.2 Å². The van der Waals surface area contributed by atoms with E-state index in [1.165, 1.54) is 16.4 Å². The number of hydrogen-bond donors (Lipinski definition) is 1. The van der Waals surface area contributed by atoms with Crippen molar-refractivity contribution in [2.75, 3.05) is 18.4 Å². The fourth-order valence-corrected chi connectivity index (χ4v) is 5.16. The van der Waals surface area contributed by atoms with E-state index in [1.54, 1.807) is 17.1 Å². The average Bonchev–Trinajstić information content (AvgIpc) is 3.21. The lowest BCUT2D eigenvalue weighted by Gasteiger charge is -2.25. The van der Waals surface area contributed by atoms with E-state index in [0.29, 0.717) is 25.3 Å². The second kappa shape index (κ2) is 8.86. The Hall–Kier alpha value is -3.24. The molecule has 0 radical (unpaired) electrons. The van der Waals surface area contributed by atoms with Crippen LogP contribution in [0.3, 0.4) is 0 Å². The third kappa shape index (κ3) is 4.75. The molecule has 0 unspecified atom stereocenters. The number of nitro benzene ring substituents is 1. The number of benzene rings is 2. The average molecular weight is 442 g/mol. The normalized spacial score (nSPS) is 15.0. The molecule has 2 aromatic carbocycles. The van der Waals surface area contributed by atoms with Crippen LogP contribution in [0, 0.1) is 10.1 Å². The van der Waals surface area contributed by atoms with Gasteiger partial charge >= 0.3 is 0 Å². The first-order valence-electron chi connectivity index (χ1n) is 10.1. The van der Waals surface area contributed by atoms with Crippen LogP contribution in [-0.2, 0) is 16.6 Å². The quantitative estimate of drug-likeness (QED) is 0.442. The van der Waals surface area contributed by atoms with Crippen LogP contribution in [-0.4, -0.2) is 40.5 Å². The monoisotopic (exact) mass is 441 g/mol. The Kier molecular flexibility index (Phi) is 6.01. The summed E-state index contributed by atoms with van der Waals surface area (Å²) in [5, 5.41) is 18.9. The van der Waals surface area contributed by atoms with Crippen molar-refractivity contribution in [2.45, 2.75) is 30.7 Å². The molecule has 1 aromatic heterocycles. The first-order valence-corrected chi connectivity index (χ1v) is 11.5. The summed E-state index contributed by atoms with van der Waals surface area (Å²) in [6.45, 7) is 1.45. The van der Waals surface area contributed by atoms with Crippen LogP contribution in [0.4, 0.5) is 17.1 Å². The zero-order valence-electron chi connectivity index (χ0n) is 16.8. The van der Waals surface area contributed by atoms with Gasteiger partial charge < -0.3 is 5.32 Å². The van der Waals surface area contributed by atoms with Crippen molar-refractivity contribution in [3.63, 3.8) is 0 Å². The van der Waals surface area contributed by atoms with Crippen LogP contribution in [0.5, 0.6) is 0 Å². The maximum atomic E-state index is 12.9. The maximum Gasteiger partial charge on any atom is 0.294 e. The van der Waals surface area contributed by atoms with Gasteiger partial charge in [0.15, 0.2) is 0 Å². The summed E-state index contributed by atoms with van der Waals surface area (Å²) in [6, 6.07) is 13.8. The second-order valence-corrected chi connectivity index (χ2v) is 9.38. The molecule has 31 heavy (non-hydrogen) atoms. The minimum atomic E-state index is -3.75. The van der Waals surface area contributed by atoms with E-state index in [2.05, 4.69) is 10.4 Å². The molecule has 162 valence electrons. The number of rotatable bonds is 7. The minimum Gasteiger partial charge on any atom is -0.347 e. The van der Waals surface area contributed by atoms with Crippen molar-refractivity contribution in [1.29, 1.82) is 0 Å². The molecular formula is C21H23N5O4S.